The van der Waals surface area contributed by atoms with Gasteiger partial charge in [0, 0.05) is 27.8 Å². The smallest absolute Gasteiger partial charge is 0.355 e. The standard InChI is InChI=1S/C25H26N4O3S2/c1-13(2)33-24-21(17-8-7-9-19(12-17)32-6)27-25(34-24)29-22(23(30)31)20(16(5)28-29)18-10-14(3)26-15(4)11-18/h7-13H,1-6H3,(H,30,31). The zero-order valence-electron chi connectivity index (χ0n) is 19.9. The number of ether oxygens (including phenoxy) is 1. The van der Waals surface area contributed by atoms with Gasteiger partial charge in [-0.25, -0.2) is 9.78 Å². The van der Waals surface area contributed by atoms with Crippen molar-refractivity contribution in [1.82, 2.24) is 19.7 Å². The number of pyridine rings is 1. The number of carbonyl (C=O) groups is 1. The van der Waals surface area contributed by atoms with Crippen LogP contribution < -0.4 is 4.74 Å². The Balaban J connectivity index is 1.92. The van der Waals surface area contributed by atoms with Crippen molar-refractivity contribution >= 4 is 29.1 Å². The van der Waals surface area contributed by atoms with Gasteiger partial charge < -0.3 is 9.84 Å². The topological polar surface area (TPSA) is 90.1 Å². The van der Waals surface area contributed by atoms with Crippen LogP contribution >= 0.6 is 23.1 Å². The first-order valence-corrected chi connectivity index (χ1v) is 12.5. The van der Waals surface area contributed by atoms with Gasteiger partial charge in [0.25, 0.3) is 0 Å². The third-order valence-electron chi connectivity index (χ3n) is 5.09. The van der Waals surface area contributed by atoms with Gasteiger partial charge in [-0.2, -0.15) is 9.78 Å². The molecule has 0 aliphatic rings. The second-order valence-electron chi connectivity index (χ2n) is 8.20. The van der Waals surface area contributed by atoms with Crippen molar-refractivity contribution in [2.45, 2.75) is 44.1 Å². The summed E-state index contributed by atoms with van der Waals surface area (Å²) < 4.78 is 7.85. The number of benzene rings is 1. The normalized spacial score (nSPS) is 11.3. The zero-order chi connectivity index (χ0) is 24.6. The van der Waals surface area contributed by atoms with Gasteiger partial charge in [-0.3, -0.25) is 4.98 Å². The minimum absolute atomic E-state index is 0.0922. The first-order valence-electron chi connectivity index (χ1n) is 10.8. The molecule has 0 amide bonds. The summed E-state index contributed by atoms with van der Waals surface area (Å²) >= 11 is 3.13. The summed E-state index contributed by atoms with van der Waals surface area (Å²) in [5, 5.41) is 15.7. The Hall–Kier alpha value is -3.17. The highest BCUT2D eigenvalue weighted by molar-refractivity contribution is 8.01. The number of hydrogen-bond donors (Lipinski definition) is 1. The predicted octanol–water partition coefficient (Wildman–Crippen LogP) is 6.19. The number of methoxy groups -OCH3 is 1. The molecular formula is C25H26N4O3S2. The van der Waals surface area contributed by atoms with Gasteiger partial charge in [0.2, 0.25) is 5.13 Å². The van der Waals surface area contributed by atoms with Crippen LogP contribution in [0.1, 0.15) is 41.4 Å². The van der Waals surface area contributed by atoms with E-state index in [2.05, 4.69) is 23.9 Å². The van der Waals surface area contributed by atoms with Gasteiger partial charge in [0.1, 0.15) is 5.75 Å². The molecule has 1 aromatic carbocycles. The zero-order valence-corrected chi connectivity index (χ0v) is 21.5. The van der Waals surface area contributed by atoms with E-state index in [1.54, 1.807) is 18.9 Å². The van der Waals surface area contributed by atoms with Crippen LogP contribution in [0.2, 0.25) is 0 Å². The molecule has 0 aliphatic carbocycles. The number of carboxylic acid groups (broad SMARTS) is 1. The lowest BCUT2D eigenvalue weighted by atomic mass is 10.0. The molecule has 0 aliphatic heterocycles. The third-order valence-corrected chi connectivity index (χ3v) is 7.33. The molecule has 4 aromatic rings. The van der Waals surface area contributed by atoms with Crippen molar-refractivity contribution in [3.8, 4) is 33.3 Å². The van der Waals surface area contributed by atoms with Crippen LogP contribution in [0.25, 0.3) is 27.5 Å². The summed E-state index contributed by atoms with van der Waals surface area (Å²) in [7, 11) is 1.63. The Morgan fingerprint density at radius 3 is 2.41 bits per heavy atom. The van der Waals surface area contributed by atoms with Gasteiger partial charge in [0.05, 0.1) is 22.7 Å². The molecule has 0 atom stereocenters. The number of aryl methyl sites for hydroxylation is 3. The average molecular weight is 495 g/mol. The monoisotopic (exact) mass is 494 g/mol. The number of carboxylic acids is 1. The largest absolute Gasteiger partial charge is 0.497 e. The van der Waals surface area contributed by atoms with E-state index in [1.165, 1.54) is 16.0 Å². The van der Waals surface area contributed by atoms with E-state index in [0.29, 0.717) is 21.6 Å². The van der Waals surface area contributed by atoms with Gasteiger partial charge in [-0.05, 0) is 50.6 Å². The van der Waals surface area contributed by atoms with E-state index in [9.17, 15) is 9.90 Å². The molecule has 0 saturated heterocycles. The van der Waals surface area contributed by atoms with Crippen molar-refractivity contribution in [1.29, 1.82) is 0 Å². The number of thioether (sulfide) groups is 1. The van der Waals surface area contributed by atoms with Crippen molar-refractivity contribution in [3.63, 3.8) is 0 Å². The van der Waals surface area contributed by atoms with Crippen LogP contribution in [0.15, 0.2) is 40.6 Å². The highest BCUT2D eigenvalue weighted by Crippen LogP contribution is 2.41. The second kappa shape index (κ2) is 9.60. The summed E-state index contributed by atoms with van der Waals surface area (Å²) in [4.78, 5) is 21.8. The SMILES string of the molecule is COc1cccc(-c2nc(-n3nc(C)c(-c4cc(C)nc(C)c4)c3C(=O)O)sc2SC(C)C)c1. The summed E-state index contributed by atoms with van der Waals surface area (Å²) in [6.45, 7) is 9.85. The van der Waals surface area contributed by atoms with E-state index in [-0.39, 0.29) is 5.69 Å². The average Bonchev–Trinajstić information content (AvgIpc) is 3.33. The molecule has 0 spiro atoms. The van der Waals surface area contributed by atoms with Crippen LogP contribution in [0.3, 0.4) is 0 Å². The Morgan fingerprint density at radius 2 is 1.79 bits per heavy atom. The van der Waals surface area contributed by atoms with Crippen LogP contribution in [0.5, 0.6) is 5.75 Å². The molecule has 34 heavy (non-hydrogen) atoms. The summed E-state index contributed by atoms with van der Waals surface area (Å²) in [5.41, 5.74) is 5.43. The van der Waals surface area contributed by atoms with E-state index in [4.69, 9.17) is 9.72 Å². The third kappa shape index (κ3) is 4.71. The number of nitrogens with zero attached hydrogens (tertiary/aromatic N) is 4. The maximum absolute atomic E-state index is 12.5. The summed E-state index contributed by atoms with van der Waals surface area (Å²) in [6, 6.07) is 11.5. The van der Waals surface area contributed by atoms with Crippen LogP contribution in [-0.4, -0.2) is 43.2 Å². The highest BCUT2D eigenvalue weighted by Gasteiger charge is 2.27. The first kappa shape index (κ1) is 24.0. The quantitative estimate of drug-likeness (QED) is 0.306. The van der Waals surface area contributed by atoms with Crippen LogP contribution in [0.4, 0.5) is 0 Å². The lowest BCUT2D eigenvalue weighted by Gasteiger charge is -2.06. The van der Waals surface area contributed by atoms with Gasteiger partial charge in [0.15, 0.2) is 5.69 Å². The Morgan fingerprint density at radius 1 is 1.09 bits per heavy atom. The molecule has 176 valence electrons. The van der Waals surface area contributed by atoms with E-state index < -0.39 is 5.97 Å². The number of aromatic carboxylic acids is 1. The second-order valence-corrected chi connectivity index (χ2v) is 11.0. The molecule has 4 rings (SSSR count). The van der Waals surface area contributed by atoms with Crippen LogP contribution in [-0.2, 0) is 0 Å². The Kier molecular flexibility index (Phi) is 6.77. The summed E-state index contributed by atoms with van der Waals surface area (Å²) in [6.07, 6.45) is 0. The molecule has 0 unspecified atom stereocenters. The van der Waals surface area contributed by atoms with E-state index >= 15 is 0 Å². The van der Waals surface area contributed by atoms with Crippen LogP contribution in [0, 0.1) is 20.8 Å². The lowest BCUT2D eigenvalue weighted by Crippen LogP contribution is -2.09. The molecule has 0 fully saturated rings. The molecule has 7 nitrogen and oxygen atoms in total. The maximum atomic E-state index is 12.5. The van der Waals surface area contributed by atoms with E-state index in [1.807, 2.05) is 57.2 Å². The fourth-order valence-corrected chi connectivity index (χ4v) is 6.30. The van der Waals surface area contributed by atoms with Crippen molar-refractivity contribution in [2.75, 3.05) is 7.11 Å². The summed E-state index contributed by atoms with van der Waals surface area (Å²) in [5.74, 6) is -0.321. The van der Waals surface area contributed by atoms with Gasteiger partial charge in [-0.15, -0.1) is 11.8 Å². The van der Waals surface area contributed by atoms with E-state index in [0.717, 1.165) is 38.2 Å². The van der Waals surface area contributed by atoms with Crippen molar-refractivity contribution in [3.05, 3.63) is 59.2 Å². The molecule has 0 radical (unpaired) electrons. The first-order chi connectivity index (χ1) is 16.2. The number of rotatable bonds is 7. The molecular weight excluding hydrogens is 468 g/mol. The fraction of sp³-hybridized carbons (Fsp3) is 0.280. The maximum Gasteiger partial charge on any atom is 0.355 e. The number of thiazole rings is 1. The fourth-order valence-electron chi connectivity index (χ4n) is 3.82. The highest BCUT2D eigenvalue weighted by atomic mass is 32.2. The predicted molar refractivity (Wildman–Crippen MR) is 137 cm³/mol. The molecule has 9 heteroatoms. The number of hydrogen-bond acceptors (Lipinski definition) is 7. The van der Waals surface area contributed by atoms with Gasteiger partial charge in [-0.1, -0.05) is 37.3 Å². The molecule has 0 saturated carbocycles. The van der Waals surface area contributed by atoms with Crippen molar-refractivity contribution < 1.29 is 14.6 Å². The minimum atomic E-state index is -1.06. The lowest BCUT2D eigenvalue weighted by molar-refractivity contribution is 0.0688. The molecule has 1 N–H and O–H groups in total. The molecule has 3 heterocycles. The van der Waals surface area contributed by atoms with Crippen molar-refractivity contribution in [2.24, 2.45) is 0 Å². The van der Waals surface area contributed by atoms with Gasteiger partial charge >= 0.3 is 5.97 Å². The Bertz CT molecular complexity index is 1350. The minimum Gasteiger partial charge on any atom is -0.497 e. The molecule has 0 bridgehead atoms. The Labute approximate surface area is 206 Å². The molecule has 3 aromatic heterocycles. The number of aromatic nitrogens is 4.